The summed E-state index contributed by atoms with van der Waals surface area (Å²) in [5, 5.41) is 0. The number of hydrogen-bond acceptors (Lipinski definition) is 2. The van der Waals surface area contributed by atoms with Gasteiger partial charge >= 0.3 is 0 Å². The average molecular weight is 218 g/mol. The highest BCUT2D eigenvalue weighted by Crippen LogP contribution is 2.20. The second-order valence-corrected chi connectivity index (χ2v) is 5.13. The van der Waals surface area contributed by atoms with Crippen LogP contribution in [0.5, 0.6) is 0 Å². The fourth-order valence-corrected chi connectivity index (χ4v) is 2.50. The van der Waals surface area contributed by atoms with Gasteiger partial charge in [0.15, 0.2) is 0 Å². The molecule has 2 heteroatoms. The van der Waals surface area contributed by atoms with Crippen LogP contribution in [-0.4, -0.2) is 24.0 Å². The largest absolute Gasteiger partial charge is 0.328 e. The number of rotatable bonds is 3. The van der Waals surface area contributed by atoms with Gasteiger partial charge < -0.3 is 5.73 Å². The first-order valence-corrected chi connectivity index (χ1v) is 6.18. The zero-order chi connectivity index (χ0) is 11.5. The summed E-state index contributed by atoms with van der Waals surface area (Å²) in [6.45, 7) is 7.70. The first-order chi connectivity index (χ1) is 7.65. The Morgan fingerprint density at radius 3 is 2.94 bits per heavy atom. The Morgan fingerprint density at radius 2 is 2.31 bits per heavy atom. The van der Waals surface area contributed by atoms with Gasteiger partial charge in [0, 0.05) is 19.1 Å². The van der Waals surface area contributed by atoms with E-state index in [1.807, 2.05) is 0 Å². The van der Waals surface area contributed by atoms with Gasteiger partial charge in [-0.2, -0.15) is 0 Å². The molecule has 0 aromatic heterocycles. The van der Waals surface area contributed by atoms with Crippen molar-refractivity contribution in [3.05, 3.63) is 35.4 Å². The zero-order valence-corrected chi connectivity index (χ0v) is 10.3. The standard InChI is InChI=1S/C14H22N2/c1-11-4-3-5-13(8-11)9-16-7-6-14(10-16)12(2)15/h3-5,8,12,14H,6-7,9-10,15H2,1-2H3. The molecule has 0 spiro atoms. The van der Waals surface area contributed by atoms with Crippen molar-refractivity contribution < 1.29 is 0 Å². The van der Waals surface area contributed by atoms with Gasteiger partial charge in [-0.05, 0) is 38.3 Å². The molecule has 1 fully saturated rings. The molecule has 0 bridgehead atoms. The Bertz CT molecular complexity index is 346. The predicted octanol–water partition coefficient (Wildman–Crippen LogP) is 2.16. The Kier molecular flexibility index (Phi) is 3.62. The van der Waals surface area contributed by atoms with Gasteiger partial charge in [0.05, 0.1) is 0 Å². The molecule has 2 nitrogen and oxygen atoms in total. The molecule has 2 unspecified atom stereocenters. The van der Waals surface area contributed by atoms with Crippen LogP contribution in [0.25, 0.3) is 0 Å². The molecule has 88 valence electrons. The summed E-state index contributed by atoms with van der Waals surface area (Å²) in [6.07, 6.45) is 1.25. The number of nitrogens with two attached hydrogens (primary N) is 1. The summed E-state index contributed by atoms with van der Waals surface area (Å²) in [6, 6.07) is 9.12. The molecule has 0 radical (unpaired) electrons. The maximum atomic E-state index is 5.95. The lowest BCUT2D eigenvalue weighted by atomic mass is 10.0. The van der Waals surface area contributed by atoms with Crippen LogP contribution in [0.15, 0.2) is 24.3 Å². The molecular weight excluding hydrogens is 196 g/mol. The lowest BCUT2D eigenvalue weighted by molar-refractivity contribution is 0.308. The smallest absolute Gasteiger partial charge is 0.0233 e. The van der Waals surface area contributed by atoms with Crippen molar-refractivity contribution in [1.82, 2.24) is 4.90 Å². The van der Waals surface area contributed by atoms with Crippen molar-refractivity contribution in [2.75, 3.05) is 13.1 Å². The van der Waals surface area contributed by atoms with Gasteiger partial charge in [-0.25, -0.2) is 0 Å². The van der Waals surface area contributed by atoms with Crippen LogP contribution in [0, 0.1) is 12.8 Å². The Labute approximate surface area is 98.4 Å². The van der Waals surface area contributed by atoms with E-state index in [0.29, 0.717) is 12.0 Å². The molecule has 1 heterocycles. The highest BCUT2D eigenvalue weighted by molar-refractivity contribution is 5.22. The summed E-state index contributed by atoms with van der Waals surface area (Å²) in [4.78, 5) is 2.52. The van der Waals surface area contributed by atoms with Gasteiger partial charge in [-0.1, -0.05) is 29.8 Å². The molecular formula is C14H22N2. The maximum absolute atomic E-state index is 5.95. The van der Waals surface area contributed by atoms with Gasteiger partial charge in [0.25, 0.3) is 0 Å². The Morgan fingerprint density at radius 1 is 1.50 bits per heavy atom. The van der Waals surface area contributed by atoms with Crippen molar-refractivity contribution in [3.8, 4) is 0 Å². The number of hydrogen-bond donors (Lipinski definition) is 1. The molecule has 0 amide bonds. The lowest BCUT2D eigenvalue weighted by Crippen LogP contribution is -2.29. The quantitative estimate of drug-likeness (QED) is 0.842. The van der Waals surface area contributed by atoms with Crippen LogP contribution in [0.1, 0.15) is 24.5 Å². The summed E-state index contributed by atoms with van der Waals surface area (Å²) in [5.74, 6) is 0.685. The molecule has 0 saturated carbocycles. The van der Waals surface area contributed by atoms with Crippen molar-refractivity contribution in [2.45, 2.75) is 32.9 Å². The zero-order valence-electron chi connectivity index (χ0n) is 10.3. The second kappa shape index (κ2) is 4.98. The highest BCUT2D eigenvalue weighted by atomic mass is 15.1. The van der Waals surface area contributed by atoms with Crippen LogP contribution in [0.4, 0.5) is 0 Å². The highest BCUT2D eigenvalue weighted by Gasteiger charge is 2.24. The molecule has 1 aromatic rings. The lowest BCUT2D eigenvalue weighted by Gasteiger charge is -2.18. The molecule has 2 atom stereocenters. The molecule has 1 saturated heterocycles. The fraction of sp³-hybridized carbons (Fsp3) is 0.571. The molecule has 0 aliphatic carbocycles. The third kappa shape index (κ3) is 2.83. The molecule has 1 aliphatic rings. The van der Waals surface area contributed by atoms with E-state index in [1.54, 1.807) is 0 Å². The molecule has 2 rings (SSSR count). The first-order valence-electron chi connectivity index (χ1n) is 6.18. The minimum atomic E-state index is 0.336. The summed E-state index contributed by atoms with van der Waals surface area (Å²) in [5.41, 5.74) is 8.72. The SMILES string of the molecule is Cc1cccc(CN2CCC(C(C)N)C2)c1. The van der Waals surface area contributed by atoms with E-state index in [0.717, 1.165) is 13.1 Å². The minimum absolute atomic E-state index is 0.336. The van der Waals surface area contributed by atoms with E-state index in [4.69, 9.17) is 5.73 Å². The van der Waals surface area contributed by atoms with E-state index >= 15 is 0 Å². The number of aryl methyl sites for hydroxylation is 1. The minimum Gasteiger partial charge on any atom is -0.328 e. The third-order valence-corrected chi connectivity index (χ3v) is 3.54. The van der Waals surface area contributed by atoms with E-state index in [1.165, 1.54) is 24.1 Å². The predicted molar refractivity (Wildman–Crippen MR) is 68.2 cm³/mol. The van der Waals surface area contributed by atoms with Crippen LogP contribution in [0.3, 0.4) is 0 Å². The van der Waals surface area contributed by atoms with E-state index < -0.39 is 0 Å². The molecule has 2 N–H and O–H groups in total. The van der Waals surface area contributed by atoms with E-state index in [2.05, 4.69) is 43.0 Å². The monoisotopic (exact) mass is 218 g/mol. The van der Waals surface area contributed by atoms with Crippen molar-refractivity contribution >= 4 is 0 Å². The molecule has 16 heavy (non-hydrogen) atoms. The van der Waals surface area contributed by atoms with Crippen molar-refractivity contribution in [1.29, 1.82) is 0 Å². The van der Waals surface area contributed by atoms with E-state index in [-0.39, 0.29) is 0 Å². The van der Waals surface area contributed by atoms with Crippen LogP contribution >= 0.6 is 0 Å². The third-order valence-electron chi connectivity index (χ3n) is 3.54. The van der Waals surface area contributed by atoms with Crippen LogP contribution in [-0.2, 0) is 6.54 Å². The van der Waals surface area contributed by atoms with Gasteiger partial charge in [-0.3, -0.25) is 4.90 Å². The van der Waals surface area contributed by atoms with Crippen LogP contribution < -0.4 is 5.73 Å². The van der Waals surface area contributed by atoms with Gasteiger partial charge in [0.1, 0.15) is 0 Å². The Hall–Kier alpha value is -0.860. The average Bonchev–Trinajstić information content (AvgIpc) is 2.66. The fourth-order valence-electron chi connectivity index (χ4n) is 2.50. The summed E-state index contributed by atoms with van der Waals surface area (Å²) in [7, 11) is 0. The van der Waals surface area contributed by atoms with Gasteiger partial charge in [0.2, 0.25) is 0 Å². The normalized spacial score (nSPS) is 23.6. The maximum Gasteiger partial charge on any atom is 0.0233 e. The van der Waals surface area contributed by atoms with Crippen LogP contribution in [0.2, 0.25) is 0 Å². The molecule has 1 aliphatic heterocycles. The van der Waals surface area contributed by atoms with Crippen molar-refractivity contribution in [2.24, 2.45) is 11.7 Å². The Balaban J connectivity index is 1.92. The number of nitrogens with zero attached hydrogens (tertiary/aromatic N) is 1. The van der Waals surface area contributed by atoms with Crippen molar-refractivity contribution in [3.63, 3.8) is 0 Å². The second-order valence-electron chi connectivity index (χ2n) is 5.13. The number of benzene rings is 1. The molecule has 1 aromatic carbocycles. The summed E-state index contributed by atoms with van der Waals surface area (Å²) < 4.78 is 0. The van der Waals surface area contributed by atoms with E-state index in [9.17, 15) is 0 Å². The summed E-state index contributed by atoms with van der Waals surface area (Å²) >= 11 is 0. The topological polar surface area (TPSA) is 29.3 Å². The first kappa shape index (κ1) is 11.6. The van der Waals surface area contributed by atoms with Gasteiger partial charge in [-0.15, -0.1) is 0 Å². The number of likely N-dealkylation sites (tertiary alicyclic amines) is 1.